The van der Waals surface area contributed by atoms with Crippen LogP contribution in [0, 0.1) is 18.8 Å². The Hall–Kier alpha value is -2.09. The van der Waals surface area contributed by atoms with Crippen molar-refractivity contribution in [1.29, 1.82) is 0 Å². The zero-order valence-corrected chi connectivity index (χ0v) is 12.8. The number of nitrogens with one attached hydrogen (secondary N) is 1. The van der Waals surface area contributed by atoms with Gasteiger partial charge in [0.05, 0.1) is 6.04 Å². The summed E-state index contributed by atoms with van der Waals surface area (Å²) in [4.78, 5) is 12.4. The first-order chi connectivity index (χ1) is 10.1. The van der Waals surface area contributed by atoms with Crippen LogP contribution in [-0.4, -0.2) is 17.6 Å². The highest BCUT2D eigenvalue weighted by Crippen LogP contribution is 2.18. The van der Waals surface area contributed by atoms with Crippen LogP contribution in [0.25, 0.3) is 0 Å². The molecule has 1 unspecified atom stereocenters. The van der Waals surface area contributed by atoms with Gasteiger partial charge in [-0.3, -0.25) is 4.79 Å². The largest absolute Gasteiger partial charge is 0.384 e. The maximum atomic E-state index is 12.4. The fraction of sp³-hybridized carbons (Fsp3) is 0.235. The average molecular weight is 299 g/mol. The van der Waals surface area contributed by atoms with Crippen LogP contribution in [0.1, 0.15) is 40.0 Å². The third-order valence-electron chi connectivity index (χ3n) is 3.27. The molecule has 0 radical (unpaired) electrons. The van der Waals surface area contributed by atoms with E-state index in [-0.39, 0.29) is 18.6 Å². The number of rotatable bonds is 3. The summed E-state index contributed by atoms with van der Waals surface area (Å²) in [7, 11) is 0. The molecule has 0 aliphatic carbocycles. The topological polar surface area (TPSA) is 49.3 Å². The van der Waals surface area contributed by atoms with Gasteiger partial charge < -0.3 is 10.4 Å². The summed E-state index contributed by atoms with van der Waals surface area (Å²) in [6.07, 6.45) is 0. The summed E-state index contributed by atoms with van der Waals surface area (Å²) in [6.45, 7) is 3.64. The fourth-order valence-corrected chi connectivity index (χ4v) is 2.79. The van der Waals surface area contributed by atoms with Gasteiger partial charge in [0.2, 0.25) is 0 Å². The molecular weight excluding hydrogens is 282 g/mol. The van der Waals surface area contributed by atoms with E-state index in [0.29, 0.717) is 5.56 Å². The van der Waals surface area contributed by atoms with Crippen molar-refractivity contribution in [2.75, 3.05) is 6.61 Å². The van der Waals surface area contributed by atoms with Crippen molar-refractivity contribution in [2.24, 2.45) is 0 Å². The quantitative estimate of drug-likeness (QED) is 0.856. The number of amides is 1. The predicted octanol–water partition coefficient (Wildman–Crippen LogP) is 2.89. The Morgan fingerprint density at radius 3 is 2.90 bits per heavy atom. The lowest BCUT2D eigenvalue weighted by molar-refractivity contribution is 0.0939. The second kappa shape index (κ2) is 7.07. The molecule has 21 heavy (non-hydrogen) atoms. The number of hydrogen-bond donors (Lipinski definition) is 2. The molecular formula is C17H17NO2S. The molecule has 1 amide bonds. The van der Waals surface area contributed by atoms with Gasteiger partial charge in [-0.1, -0.05) is 17.9 Å². The summed E-state index contributed by atoms with van der Waals surface area (Å²) < 4.78 is 0. The van der Waals surface area contributed by atoms with Gasteiger partial charge >= 0.3 is 0 Å². The highest BCUT2D eigenvalue weighted by Gasteiger charge is 2.14. The van der Waals surface area contributed by atoms with E-state index in [1.165, 1.54) is 0 Å². The van der Waals surface area contributed by atoms with Crippen LogP contribution in [0.3, 0.4) is 0 Å². The Labute approximate surface area is 128 Å². The highest BCUT2D eigenvalue weighted by atomic mass is 32.1. The molecule has 0 aliphatic heterocycles. The number of hydrogen-bond acceptors (Lipinski definition) is 3. The van der Waals surface area contributed by atoms with E-state index in [1.54, 1.807) is 23.5 Å². The first-order valence-corrected chi connectivity index (χ1v) is 7.60. The van der Waals surface area contributed by atoms with E-state index in [2.05, 4.69) is 17.2 Å². The second-order valence-electron chi connectivity index (χ2n) is 4.69. The Morgan fingerprint density at radius 2 is 2.24 bits per heavy atom. The number of benzene rings is 1. The van der Waals surface area contributed by atoms with E-state index >= 15 is 0 Å². The molecule has 0 saturated carbocycles. The molecule has 0 fully saturated rings. The zero-order valence-electron chi connectivity index (χ0n) is 12.0. The molecule has 2 N–H and O–H groups in total. The van der Waals surface area contributed by atoms with Crippen LogP contribution in [-0.2, 0) is 0 Å². The van der Waals surface area contributed by atoms with Gasteiger partial charge in [0, 0.05) is 11.1 Å². The molecule has 0 spiro atoms. The lowest BCUT2D eigenvalue weighted by Crippen LogP contribution is -2.27. The second-order valence-corrected chi connectivity index (χ2v) is 5.47. The molecule has 1 heterocycles. The summed E-state index contributed by atoms with van der Waals surface area (Å²) in [5.74, 6) is 5.36. The number of thiophene rings is 1. The minimum Gasteiger partial charge on any atom is -0.384 e. The van der Waals surface area contributed by atoms with Crippen molar-refractivity contribution in [3.63, 3.8) is 0 Å². The minimum absolute atomic E-state index is 0.0321. The number of carbonyl (C=O) groups excluding carboxylic acids is 1. The number of aliphatic hydroxyl groups excluding tert-OH is 1. The van der Waals surface area contributed by atoms with Crippen LogP contribution in [0.4, 0.5) is 0 Å². The molecule has 0 aliphatic rings. The van der Waals surface area contributed by atoms with Crippen molar-refractivity contribution in [2.45, 2.75) is 19.9 Å². The van der Waals surface area contributed by atoms with E-state index in [1.807, 2.05) is 36.7 Å². The standard InChI is InChI=1S/C17H17NO2S/c1-12-14(6-4-9-19)5-3-7-16(12)17(20)18-13(2)15-8-10-21-11-15/h3,5,7-8,10-11,13,19H,9H2,1-2H3,(H,18,20). The van der Waals surface area contributed by atoms with Crippen LogP contribution >= 0.6 is 11.3 Å². The van der Waals surface area contributed by atoms with Crippen LogP contribution in [0.15, 0.2) is 35.0 Å². The van der Waals surface area contributed by atoms with Crippen molar-refractivity contribution < 1.29 is 9.90 Å². The third-order valence-corrected chi connectivity index (χ3v) is 3.97. The summed E-state index contributed by atoms with van der Waals surface area (Å²) in [6, 6.07) is 7.41. The summed E-state index contributed by atoms with van der Waals surface area (Å²) >= 11 is 1.61. The monoisotopic (exact) mass is 299 g/mol. The molecule has 2 rings (SSSR count). The first kappa shape index (κ1) is 15.3. The van der Waals surface area contributed by atoms with Gasteiger partial charge in [-0.15, -0.1) is 0 Å². The number of aliphatic hydroxyl groups is 1. The molecule has 1 aromatic heterocycles. The van der Waals surface area contributed by atoms with Gasteiger partial charge in [-0.05, 0) is 53.9 Å². The zero-order chi connectivity index (χ0) is 15.2. The SMILES string of the molecule is Cc1c(C#CCO)cccc1C(=O)NC(C)c1ccsc1. The maximum absolute atomic E-state index is 12.4. The summed E-state index contributed by atoms with van der Waals surface area (Å²) in [5.41, 5.74) is 3.30. The Balaban J connectivity index is 2.19. The third kappa shape index (κ3) is 3.72. The lowest BCUT2D eigenvalue weighted by atomic mass is 10.0. The van der Waals surface area contributed by atoms with Crippen LogP contribution in [0.5, 0.6) is 0 Å². The number of carbonyl (C=O) groups is 1. The van der Waals surface area contributed by atoms with Gasteiger partial charge in [0.1, 0.15) is 6.61 Å². The van der Waals surface area contributed by atoms with E-state index in [4.69, 9.17) is 5.11 Å². The molecule has 108 valence electrons. The van der Waals surface area contributed by atoms with Gasteiger partial charge in [0.15, 0.2) is 0 Å². The maximum Gasteiger partial charge on any atom is 0.252 e. The van der Waals surface area contributed by atoms with Crippen molar-refractivity contribution in [3.05, 3.63) is 57.3 Å². The summed E-state index contributed by atoms with van der Waals surface area (Å²) in [5, 5.41) is 15.8. The van der Waals surface area contributed by atoms with Crippen LogP contribution in [0.2, 0.25) is 0 Å². The molecule has 0 bridgehead atoms. The Morgan fingerprint density at radius 1 is 1.43 bits per heavy atom. The van der Waals surface area contributed by atoms with Crippen LogP contribution < -0.4 is 5.32 Å². The molecule has 1 aromatic carbocycles. The van der Waals surface area contributed by atoms with E-state index in [9.17, 15) is 4.79 Å². The molecule has 0 saturated heterocycles. The molecule has 4 heteroatoms. The van der Waals surface area contributed by atoms with E-state index < -0.39 is 0 Å². The van der Waals surface area contributed by atoms with Gasteiger partial charge in [-0.2, -0.15) is 11.3 Å². The van der Waals surface area contributed by atoms with E-state index in [0.717, 1.165) is 16.7 Å². The highest BCUT2D eigenvalue weighted by molar-refractivity contribution is 7.07. The minimum atomic E-state index is -0.189. The predicted molar refractivity (Wildman–Crippen MR) is 85.3 cm³/mol. The van der Waals surface area contributed by atoms with Crippen molar-refractivity contribution in [1.82, 2.24) is 5.32 Å². The Bertz CT molecular complexity index is 681. The fourth-order valence-electron chi connectivity index (χ4n) is 2.03. The van der Waals surface area contributed by atoms with Gasteiger partial charge in [0.25, 0.3) is 5.91 Å². The molecule has 2 aromatic rings. The first-order valence-electron chi connectivity index (χ1n) is 6.65. The normalized spacial score (nSPS) is 11.4. The van der Waals surface area contributed by atoms with Crippen molar-refractivity contribution >= 4 is 17.2 Å². The molecule has 1 atom stereocenters. The smallest absolute Gasteiger partial charge is 0.252 e. The van der Waals surface area contributed by atoms with Gasteiger partial charge in [-0.25, -0.2) is 0 Å². The molecule has 3 nitrogen and oxygen atoms in total. The Kier molecular flexibility index (Phi) is 5.15. The average Bonchev–Trinajstić information content (AvgIpc) is 3.00. The lowest BCUT2D eigenvalue weighted by Gasteiger charge is -2.14. The van der Waals surface area contributed by atoms with Crippen molar-refractivity contribution in [3.8, 4) is 11.8 Å².